The van der Waals surface area contributed by atoms with E-state index in [0.717, 1.165) is 36.1 Å². The Labute approximate surface area is 173 Å². The van der Waals surface area contributed by atoms with Gasteiger partial charge in [-0.15, -0.1) is 0 Å². The van der Waals surface area contributed by atoms with Crippen LogP contribution in [-0.4, -0.2) is 47.9 Å². The topological polar surface area (TPSA) is 52.7 Å². The largest absolute Gasteiger partial charge is 0.338 e. The molecule has 0 bridgehead atoms. The summed E-state index contributed by atoms with van der Waals surface area (Å²) < 4.78 is 0. The number of nitrogens with zero attached hydrogens (tertiary/aromatic N) is 2. The van der Waals surface area contributed by atoms with Crippen molar-refractivity contribution in [1.82, 2.24) is 15.1 Å². The molecule has 1 N–H and O–H groups in total. The van der Waals surface area contributed by atoms with Crippen LogP contribution < -0.4 is 5.32 Å². The summed E-state index contributed by atoms with van der Waals surface area (Å²) in [5.41, 5.74) is 2.99. The van der Waals surface area contributed by atoms with E-state index in [1.54, 1.807) is 0 Å². The Hall–Kier alpha value is -2.82. The molecule has 1 aliphatic rings. The fourth-order valence-corrected chi connectivity index (χ4v) is 3.94. The number of nitrogens with one attached hydrogen (secondary N) is 1. The van der Waals surface area contributed by atoms with Gasteiger partial charge in [0.05, 0.1) is 0 Å². The summed E-state index contributed by atoms with van der Waals surface area (Å²) in [5, 5.41) is 2.89. The van der Waals surface area contributed by atoms with Gasteiger partial charge < -0.3 is 15.1 Å². The quantitative estimate of drug-likeness (QED) is 0.797. The zero-order valence-electron chi connectivity index (χ0n) is 17.4. The van der Waals surface area contributed by atoms with Crippen molar-refractivity contribution in [2.45, 2.75) is 39.2 Å². The molecule has 0 saturated carbocycles. The maximum Gasteiger partial charge on any atom is 0.317 e. The zero-order valence-corrected chi connectivity index (χ0v) is 17.4. The summed E-state index contributed by atoms with van der Waals surface area (Å²) in [4.78, 5) is 29.1. The molecule has 0 aromatic heterocycles. The molecule has 2 aromatic carbocycles. The highest BCUT2D eigenvalue weighted by Crippen LogP contribution is 2.28. The molecular formula is C24H31N3O2. The lowest BCUT2D eigenvalue weighted by Gasteiger charge is -2.33. The maximum absolute atomic E-state index is 13.1. The van der Waals surface area contributed by atoms with Crippen LogP contribution in [0.25, 0.3) is 0 Å². The SMILES string of the molecule is CCNC(=O)N1CCC[C@H](c2cccc(C(=O)N(CC)Cc3ccccc3)c2)C1. The van der Waals surface area contributed by atoms with Crippen molar-refractivity contribution in [3.63, 3.8) is 0 Å². The Morgan fingerprint density at radius 1 is 1.10 bits per heavy atom. The highest BCUT2D eigenvalue weighted by molar-refractivity contribution is 5.94. The molecule has 1 fully saturated rings. The van der Waals surface area contributed by atoms with Crippen molar-refractivity contribution in [1.29, 1.82) is 0 Å². The van der Waals surface area contributed by atoms with Crippen molar-refractivity contribution in [3.05, 3.63) is 71.3 Å². The van der Waals surface area contributed by atoms with Gasteiger partial charge in [0.2, 0.25) is 0 Å². The summed E-state index contributed by atoms with van der Waals surface area (Å²) in [6.45, 7) is 7.34. The van der Waals surface area contributed by atoms with E-state index in [1.165, 1.54) is 0 Å². The average Bonchev–Trinajstić information content (AvgIpc) is 2.78. The Balaban J connectivity index is 1.72. The number of likely N-dealkylation sites (tertiary alicyclic amines) is 1. The predicted octanol–water partition coefficient (Wildman–Crippen LogP) is 4.26. The molecule has 0 aliphatic carbocycles. The average molecular weight is 394 g/mol. The van der Waals surface area contributed by atoms with Gasteiger partial charge in [-0.05, 0) is 49.9 Å². The van der Waals surface area contributed by atoms with Gasteiger partial charge in [0.25, 0.3) is 5.91 Å². The van der Waals surface area contributed by atoms with Crippen LogP contribution in [-0.2, 0) is 6.54 Å². The number of urea groups is 1. The number of carbonyl (C=O) groups is 2. The predicted molar refractivity (Wildman–Crippen MR) is 116 cm³/mol. The lowest BCUT2D eigenvalue weighted by molar-refractivity contribution is 0.0752. The fourth-order valence-electron chi connectivity index (χ4n) is 3.94. The van der Waals surface area contributed by atoms with Crippen molar-refractivity contribution in [2.24, 2.45) is 0 Å². The first kappa shape index (κ1) is 20.9. The molecular weight excluding hydrogens is 362 g/mol. The Morgan fingerprint density at radius 2 is 1.90 bits per heavy atom. The first-order valence-corrected chi connectivity index (χ1v) is 10.6. The van der Waals surface area contributed by atoms with E-state index < -0.39 is 0 Å². The first-order chi connectivity index (χ1) is 14.1. The van der Waals surface area contributed by atoms with Crippen LogP contribution >= 0.6 is 0 Å². The number of piperidine rings is 1. The van der Waals surface area contributed by atoms with Gasteiger partial charge in [-0.1, -0.05) is 42.5 Å². The normalized spacial score (nSPS) is 16.3. The van der Waals surface area contributed by atoms with Crippen molar-refractivity contribution >= 4 is 11.9 Å². The van der Waals surface area contributed by atoms with Crippen LogP contribution in [0.3, 0.4) is 0 Å². The Kier molecular flexibility index (Phi) is 7.28. The van der Waals surface area contributed by atoms with E-state index in [0.29, 0.717) is 26.2 Å². The third-order valence-corrected chi connectivity index (χ3v) is 5.53. The number of benzene rings is 2. The van der Waals surface area contributed by atoms with E-state index in [9.17, 15) is 9.59 Å². The van der Waals surface area contributed by atoms with Gasteiger partial charge in [-0.2, -0.15) is 0 Å². The number of hydrogen-bond acceptors (Lipinski definition) is 2. The van der Waals surface area contributed by atoms with E-state index in [4.69, 9.17) is 0 Å². The molecule has 1 aliphatic heterocycles. The van der Waals surface area contributed by atoms with Crippen molar-refractivity contribution < 1.29 is 9.59 Å². The highest BCUT2D eigenvalue weighted by Gasteiger charge is 2.25. The minimum Gasteiger partial charge on any atom is -0.338 e. The van der Waals surface area contributed by atoms with Gasteiger partial charge in [0.1, 0.15) is 0 Å². The smallest absolute Gasteiger partial charge is 0.317 e. The van der Waals surface area contributed by atoms with Crippen LogP contribution in [0.4, 0.5) is 4.79 Å². The molecule has 5 heteroatoms. The van der Waals surface area contributed by atoms with Crippen LogP contribution in [0.1, 0.15) is 54.1 Å². The lowest BCUT2D eigenvalue weighted by atomic mass is 9.89. The molecule has 3 rings (SSSR count). The first-order valence-electron chi connectivity index (χ1n) is 10.6. The second kappa shape index (κ2) is 10.1. The summed E-state index contributed by atoms with van der Waals surface area (Å²) in [7, 11) is 0. The van der Waals surface area contributed by atoms with Gasteiger partial charge in [0, 0.05) is 44.2 Å². The molecule has 1 atom stereocenters. The number of carbonyl (C=O) groups excluding carboxylic acids is 2. The fraction of sp³-hybridized carbons (Fsp3) is 0.417. The van der Waals surface area contributed by atoms with E-state index in [-0.39, 0.29) is 17.9 Å². The van der Waals surface area contributed by atoms with Crippen LogP contribution in [0, 0.1) is 0 Å². The molecule has 5 nitrogen and oxygen atoms in total. The molecule has 3 amide bonds. The molecule has 2 aromatic rings. The standard InChI is InChI=1S/C24H31N3O2/c1-3-25-24(29)27-15-9-14-22(18-27)20-12-8-13-21(16-20)23(28)26(4-2)17-19-10-6-5-7-11-19/h5-8,10-13,16,22H,3-4,9,14-15,17-18H2,1-2H3,(H,25,29)/t22-/m0/s1. The summed E-state index contributed by atoms with van der Waals surface area (Å²) in [6, 6.07) is 18.0. The van der Waals surface area contributed by atoms with E-state index >= 15 is 0 Å². The number of hydrogen-bond donors (Lipinski definition) is 1. The maximum atomic E-state index is 13.1. The Bertz CT molecular complexity index is 822. The van der Waals surface area contributed by atoms with Gasteiger partial charge in [-0.25, -0.2) is 4.79 Å². The summed E-state index contributed by atoms with van der Waals surface area (Å²) in [6.07, 6.45) is 2.02. The van der Waals surface area contributed by atoms with Crippen LogP contribution in [0.5, 0.6) is 0 Å². The molecule has 0 unspecified atom stereocenters. The number of rotatable bonds is 6. The van der Waals surface area contributed by atoms with Gasteiger partial charge >= 0.3 is 6.03 Å². The van der Waals surface area contributed by atoms with Crippen molar-refractivity contribution in [3.8, 4) is 0 Å². The minimum absolute atomic E-state index is 0.00412. The summed E-state index contributed by atoms with van der Waals surface area (Å²) in [5.74, 6) is 0.318. The second-order valence-electron chi connectivity index (χ2n) is 7.55. The molecule has 0 radical (unpaired) electrons. The molecule has 154 valence electrons. The van der Waals surface area contributed by atoms with Crippen LogP contribution in [0.15, 0.2) is 54.6 Å². The Morgan fingerprint density at radius 3 is 2.62 bits per heavy atom. The zero-order chi connectivity index (χ0) is 20.6. The van der Waals surface area contributed by atoms with Crippen LogP contribution in [0.2, 0.25) is 0 Å². The van der Waals surface area contributed by atoms with Gasteiger partial charge in [-0.3, -0.25) is 4.79 Å². The minimum atomic E-state index is 0.00412. The monoisotopic (exact) mass is 393 g/mol. The molecule has 29 heavy (non-hydrogen) atoms. The second-order valence-corrected chi connectivity index (χ2v) is 7.55. The number of amides is 3. The highest BCUT2D eigenvalue weighted by atomic mass is 16.2. The van der Waals surface area contributed by atoms with Gasteiger partial charge in [0.15, 0.2) is 0 Å². The van der Waals surface area contributed by atoms with E-state index in [1.807, 2.05) is 72.2 Å². The lowest BCUT2D eigenvalue weighted by Crippen LogP contribution is -2.44. The molecule has 1 saturated heterocycles. The third-order valence-electron chi connectivity index (χ3n) is 5.53. The van der Waals surface area contributed by atoms with E-state index in [2.05, 4.69) is 11.4 Å². The van der Waals surface area contributed by atoms with Crippen molar-refractivity contribution in [2.75, 3.05) is 26.2 Å². The third kappa shape index (κ3) is 5.37. The molecule has 1 heterocycles. The molecule has 0 spiro atoms. The summed E-state index contributed by atoms with van der Waals surface area (Å²) >= 11 is 0.